The van der Waals surface area contributed by atoms with Crippen molar-refractivity contribution < 1.29 is 44.8 Å². The Morgan fingerprint density at radius 1 is 0.744 bits per heavy atom. The highest BCUT2D eigenvalue weighted by atomic mass is 32.2. The molecule has 3 aliphatic rings. The van der Waals surface area contributed by atoms with Gasteiger partial charge in [-0.05, 0) is 26.0 Å². The minimum Gasteiger partial charge on any atom is -0.461 e. The number of allylic oxidation sites excluding steroid dienone is 2. The minimum atomic E-state index is -5.81. The number of amides is 2. The normalized spacial score (nSPS) is 23.9. The highest BCUT2D eigenvalue weighted by Gasteiger charge is 2.80. The van der Waals surface area contributed by atoms with Gasteiger partial charge in [0, 0.05) is 34.4 Å². The number of aryl methyl sites for hydroxylation is 2. The lowest BCUT2D eigenvalue weighted by atomic mass is 9.95. The third-order valence-corrected chi connectivity index (χ3v) is 8.24. The maximum atomic E-state index is 15.2. The first-order valence-electron chi connectivity index (χ1n) is 10.6. The largest absolute Gasteiger partial charge is 0.461 e. The van der Waals surface area contributed by atoms with Gasteiger partial charge in [0.2, 0.25) is 0 Å². The summed E-state index contributed by atoms with van der Waals surface area (Å²) in [6.07, 6.45) is 2.25. The second-order valence-corrected chi connectivity index (χ2v) is 11.9. The van der Waals surface area contributed by atoms with E-state index in [-0.39, 0.29) is 41.5 Å². The lowest BCUT2D eigenvalue weighted by molar-refractivity contribution is -0.254. The number of carbonyl (C=O) groups is 2. The highest BCUT2D eigenvalue weighted by Crippen LogP contribution is 2.65. The van der Waals surface area contributed by atoms with Crippen molar-refractivity contribution in [2.24, 2.45) is 0 Å². The van der Waals surface area contributed by atoms with Crippen molar-refractivity contribution in [1.29, 1.82) is 0 Å². The predicted molar refractivity (Wildman–Crippen MR) is 141 cm³/mol. The van der Waals surface area contributed by atoms with Crippen LogP contribution in [0.25, 0.3) is 23.3 Å². The first-order valence-corrected chi connectivity index (χ1v) is 13.1. The monoisotopic (exact) mass is 622 g/mol. The highest BCUT2D eigenvalue weighted by molar-refractivity contribution is 8.27. The summed E-state index contributed by atoms with van der Waals surface area (Å²) in [7, 11) is 0. The molecule has 0 unspecified atom stereocenters. The Bertz CT molecular complexity index is 1490. The fourth-order valence-electron chi connectivity index (χ4n) is 4.18. The zero-order valence-electron chi connectivity index (χ0n) is 19.3. The second kappa shape index (κ2) is 9.11. The summed E-state index contributed by atoms with van der Waals surface area (Å²) in [6, 6.07) is 1.74. The first kappa shape index (κ1) is 27.7. The smallest absolute Gasteiger partial charge is 0.380 e. The Morgan fingerprint density at radius 3 is 1.41 bits per heavy atom. The third-order valence-electron chi connectivity index (χ3n) is 5.91. The van der Waals surface area contributed by atoms with E-state index in [9.17, 15) is 18.4 Å². The summed E-state index contributed by atoms with van der Waals surface area (Å²) < 4.78 is 101. The molecule has 0 saturated carbocycles. The van der Waals surface area contributed by atoms with Crippen LogP contribution < -0.4 is 10.6 Å². The van der Waals surface area contributed by atoms with Crippen LogP contribution in [0.15, 0.2) is 30.8 Å². The summed E-state index contributed by atoms with van der Waals surface area (Å²) in [4.78, 5) is 23.9. The first-order chi connectivity index (χ1) is 18.0. The van der Waals surface area contributed by atoms with E-state index >= 15 is 17.6 Å². The van der Waals surface area contributed by atoms with Crippen molar-refractivity contribution in [1.82, 2.24) is 10.6 Å². The van der Waals surface area contributed by atoms with Gasteiger partial charge in [0.05, 0.1) is 9.81 Å². The molecule has 204 valence electrons. The topological polar surface area (TPSA) is 84.5 Å². The van der Waals surface area contributed by atoms with E-state index in [0.29, 0.717) is 0 Å². The molecule has 6 nitrogen and oxygen atoms in total. The van der Waals surface area contributed by atoms with Gasteiger partial charge in [-0.3, -0.25) is 9.59 Å². The Morgan fingerprint density at radius 2 is 1.10 bits per heavy atom. The molecule has 2 amide bonds. The van der Waals surface area contributed by atoms with E-state index in [2.05, 4.69) is 10.6 Å². The summed E-state index contributed by atoms with van der Waals surface area (Å²) in [6.45, 7) is 2.27. The molecule has 5 rings (SSSR count). The molecule has 0 atom stereocenters. The molecule has 0 radical (unpaired) electrons. The molecule has 2 aromatic heterocycles. The number of rotatable bonds is 4. The van der Waals surface area contributed by atoms with E-state index < -0.39 is 51.9 Å². The number of halogens is 6. The molecule has 2 aliphatic heterocycles. The number of carbonyl (C=O) groups excluding carboxylic acids is 2. The molecule has 0 spiro atoms. The fraction of sp³-hybridized carbons (Fsp3) is 0.217. The fourth-order valence-corrected chi connectivity index (χ4v) is 6.23. The van der Waals surface area contributed by atoms with Gasteiger partial charge in [-0.2, -0.15) is 26.3 Å². The predicted octanol–water partition coefficient (Wildman–Crippen LogP) is 6.30. The standard InChI is InChI=1S/C23H12F6N2O4S4/c1-7-11(3-9(34-7)5-13-17(32)30-19(36)38-13)15-16(22(26,27)23(28,29)21(15,24)25)12-4-10(35-8(12)2)6-14-18(33)31-20(37)39-14/h3-6H,1-2H3,(H,30,32,36)(H,31,33,37)/b13-5-,14-6+. The average Bonchev–Trinajstić information content (AvgIpc) is 3.55. The Balaban J connectivity index is 1.70. The molecule has 2 fully saturated rings. The van der Waals surface area contributed by atoms with Gasteiger partial charge in [-0.15, -0.1) is 0 Å². The molecule has 2 saturated heterocycles. The molecule has 2 aromatic rings. The lowest BCUT2D eigenvalue weighted by Gasteiger charge is -2.25. The van der Waals surface area contributed by atoms with Crippen LogP contribution in [0.5, 0.6) is 0 Å². The van der Waals surface area contributed by atoms with Crippen molar-refractivity contribution in [2.45, 2.75) is 31.6 Å². The molecule has 0 bridgehead atoms. The van der Waals surface area contributed by atoms with E-state index in [0.717, 1.165) is 61.7 Å². The van der Waals surface area contributed by atoms with Crippen LogP contribution in [0.2, 0.25) is 0 Å². The number of thiocarbonyl (C=S) groups is 2. The molecule has 1 aliphatic carbocycles. The van der Waals surface area contributed by atoms with Gasteiger partial charge in [-0.1, -0.05) is 48.0 Å². The number of alkyl halides is 6. The molecular formula is C23H12F6N2O4S4. The number of hydrogen-bond acceptors (Lipinski definition) is 8. The summed E-state index contributed by atoms with van der Waals surface area (Å²) in [5.74, 6) is -18.9. The van der Waals surface area contributed by atoms with Gasteiger partial charge >= 0.3 is 17.8 Å². The van der Waals surface area contributed by atoms with Crippen molar-refractivity contribution in [3.8, 4) is 0 Å². The lowest BCUT2D eigenvalue weighted by Crippen LogP contribution is -2.48. The zero-order valence-corrected chi connectivity index (χ0v) is 22.6. The third kappa shape index (κ3) is 4.28. The van der Waals surface area contributed by atoms with Crippen LogP contribution in [0.1, 0.15) is 34.2 Å². The maximum absolute atomic E-state index is 15.2. The second-order valence-electron chi connectivity index (χ2n) is 8.41. The van der Waals surface area contributed by atoms with Crippen molar-refractivity contribution in [3.05, 3.63) is 56.1 Å². The van der Waals surface area contributed by atoms with Crippen molar-refractivity contribution >= 4 is 91.7 Å². The molecule has 39 heavy (non-hydrogen) atoms. The summed E-state index contributed by atoms with van der Waals surface area (Å²) in [5, 5.41) is 4.67. The summed E-state index contributed by atoms with van der Waals surface area (Å²) >= 11 is 11.4. The van der Waals surface area contributed by atoms with E-state index in [1.54, 1.807) is 0 Å². The van der Waals surface area contributed by atoms with Crippen LogP contribution in [0.3, 0.4) is 0 Å². The Kier molecular flexibility index (Phi) is 6.48. The van der Waals surface area contributed by atoms with Crippen LogP contribution in [0.4, 0.5) is 26.3 Å². The minimum absolute atomic E-state index is 0.0278. The van der Waals surface area contributed by atoms with Gasteiger partial charge in [0.1, 0.15) is 31.7 Å². The Labute approximate surface area is 234 Å². The SMILES string of the molecule is Cc1oc(/C=C2\SC(=S)NC2=O)cc1C1=C(c2cc(/C=C3/SC(=S)NC3=O)oc2C)C(F)(F)C(F)(F)C1(F)F. The molecule has 2 N–H and O–H groups in total. The number of furan rings is 2. The van der Waals surface area contributed by atoms with Gasteiger partial charge in [-0.25, -0.2) is 0 Å². The van der Waals surface area contributed by atoms with Crippen LogP contribution in [-0.2, 0) is 9.59 Å². The van der Waals surface area contributed by atoms with Crippen LogP contribution in [-0.4, -0.2) is 38.2 Å². The molecule has 4 heterocycles. The number of nitrogens with one attached hydrogen (secondary N) is 2. The van der Waals surface area contributed by atoms with E-state index in [1.807, 2.05) is 0 Å². The van der Waals surface area contributed by atoms with Gasteiger partial charge < -0.3 is 19.5 Å². The maximum Gasteiger partial charge on any atom is 0.380 e. The van der Waals surface area contributed by atoms with Gasteiger partial charge in [0.25, 0.3) is 11.8 Å². The Hall–Kier alpha value is -2.82. The van der Waals surface area contributed by atoms with Crippen LogP contribution >= 0.6 is 48.0 Å². The number of thioether (sulfide) groups is 2. The zero-order chi connectivity index (χ0) is 28.7. The van der Waals surface area contributed by atoms with Crippen molar-refractivity contribution in [3.63, 3.8) is 0 Å². The summed E-state index contributed by atoms with van der Waals surface area (Å²) in [5.41, 5.74) is -4.72. The van der Waals surface area contributed by atoms with E-state index in [4.69, 9.17) is 33.3 Å². The van der Waals surface area contributed by atoms with E-state index in [1.165, 1.54) is 0 Å². The number of hydrogen-bond donors (Lipinski definition) is 2. The molecular weight excluding hydrogens is 611 g/mol. The molecule has 16 heteroatoms. The van der Waals surface area contributed by atoms with Crippen molar-refractivity contribution in [2.75, 3.05) is 0 Å². The van der Waals surface area contributed by atoms with Crippen LogP contribution in [0, 0.1) is 13.8 Å². The average molecular weight is 623 g/mol. The van der Waals surface area contributed by atoms with Gasteiger partial charge in [0.15, 0.2) is 0 Å². The molecule has 0 aromatic carbocycles. The quantitative estimate of drug-likeness (QED) is 0.234.